The van der Waals surface area contributed by atoms with Gasteiger partial charge in [0.25, 0.3) is 5.91 Å². The fourth-order valence-electron chi connectivity index (χ4n) is 7.16. The zero-order chi connectivity index (χ0) is 31.0. The standard InChI is InChI=1S/C32H46N4O6/c1-7-9-11-36(12-10-8-2)16-18-15-21(34(3)4)19-13-17-14-20-24(29(39)22(17)28(38)23(19)27(18)37)30(40)25(32(33)42)31(41)26(20)35(5)6/h15,17,20,24,26,37-38,41H,7-14,16H2,1-6H3,(H2,33,42)/t17?,20?,24?,26-/m0/s1. The minimum absolute atomic E-state index is 0.0523. The molecule has 4 atom stereocenters. The molecule has 0 spiro atoms. The van der Waals surface area contributed by atoms with E-state index >= 15 is 0 Å². The molecular formula is C32H46N4O6. The number of rotatable bonds is 11. The van der Waals surface area contributed by atoms with Crippen LogP contribution in [0.1, 0.15) is 62.6 Å². The number of hydrogen-bond donors (Lipinski definition) is 4. The quantitative estimate of drug-likeness (QED) is 0.228. The molecule has 0 aromatic heterocycles. The number of anilines is 1. The number of aliphatic hydroxyl groups excluding tert-OH is 2. The highest BCUT2D eigenvalue weighted by Crippen LogP contribution is 2.52. The number of Topliss-reactive ketones (excluding diaryl/α,β-unsaturated/α-hetero) is 2. The van der Waals surface area contributed by atoms with Gasteiger partial charge in [-0.3, -0.25) is 24.2 Å². The van der Waals surface area contributed by atoms with Crippen LogP contribution in [0.25, 0.3) is 5.76 Å². The number of unbranched alkanes of at least 4 members (excludes halogenated alkanes) is 2. The van der Waals surface area contributed by atoms with Crippen molar-refractivity contribution < 1.29 is 29.7 Å². The van der Waals surface area contributed by atoms with Gasteiger partial charge in [0.2, 0.25) is 0 Å². The van der Waals surface area contributed by atoms with Gasteiger partial charge in [-0.15, -0.1) is 0 Å². The number of aromatic hydroxyl groups is 1. The van der Waals surface area contributed by atoms with Crippen molar-refractivity contribution in [2.24, 2.45) is 23.5 Å². The number of nitrogens with two attached hydrogens (primary N) is 1. The summed E-state index contributed by atoms with van der Waals surface area (Å²) in [7, 11) is 7.25. The van der Waals surface area contributed by atoms with Crippen LogP contribution in [0.4, 0.5) is 5.69 Å². The third kappa shape index (κ3) is 5.42. The van der Waals surface area contributed by atoms with Crippen LogP contribution in [0.5, 0.6) is 5.75 Å². The van der Waals surface area contributed by atoms with Crippen LogP contribution in [0.15, 0.2) is 23.0 Å². The topological polar surface area (TPSA) is 148 Å². The maximum absolute atomic E-state index is 14.1. The van der Waals surface area contributed by atoms with E-state index in [1.54, 1.807) is 19.0 Å². The first-order valence-corrected chi connectivity index (χ1v) is 15.0. The molecule has 4 rings (SSSR count). The van der Waals surface area contributed by atoms with Crippen LogP contribution in [-0.2, 0) is 27.3 Å². The van der Waals surface area contributed by atoms with E-state index in [9.17, 15) is 29.7 Å². The van der Waals surface area contributed by atoms with Crippen molar-refractivity contribution >= 4 is 28.9 Å². The van der Waals surface area contributed by atoms with Crippen LogP contribution in [0.3, 0.4) is 0 Å². The molecule has 230 valence electrons. The molecule has 1 amide bonds. The second kappa shape index (κ2) is 12.5. The molecule has 5 N–H and O–H groups in total. The van der Waals surface area contributed by atoms with Crippen LogP contribution >= 0.6 is 0 Å². The van der Waals surface area contributed by atoms with E-state index in [1.165, 1.54) is 0 Å². The highest BCUT2D eigenvalue weighted by molar-refractivity contribution is 6.28. The number of phenolic OH excluding ortho intramolecular Hbond substituents is 1. The van der Waals surface area contributed by atoms with Gasteiger partial charge in [-0.25, -0.2) is 0 Å². The van der Waals surface area contributed by atoms with Crippen molar-refractivity contribution in [1.82, 2.24) is 9.80 Å². The molecule has 10 nitrogen and oxygen atoms in total. The van der Waals surface area contributed by atoms with Crippen molar-refractivity contribution in [3.8, 4) is 5.75 Å². The third-order valence-corrected chi connectivity index (χ3v) is 9.15. The largest absolute Gasteiger partial charge is 0.510 e. The fraction of sp³-hybridized carbons (Fsp3) is 0.594. The Balaban J connectivity index is 1.84. The van der Waals surface area contributed by atoms with E-state index in [-0.39, 0.29) is 22.6 Å². The first kappa shape index (κ1) is 31.6. The van der Waals surface area contributed by atoms with Crippen molar-refractivity contribution in [2.45, 2.75) is 65.0 Å². The first-order valence-electron chi connectivity index (χ1n) is 15.0. The summed E-state index contributed by atoms with van der Waals surface area (Å²) in [4.78, 5) is 45.7. The molecule has 0 heterocycles. The zero-order valence-electron chi connectivity index (χ0n) is 25.7. The van der Waals surface area contributed by atoms with E-state index in [2.05, 4.69) is 18.7 Å². The Morgan fingerprint density at radius 1 is 1.00 bits per heavy atom. The lowest BCUT2D eigenvalue weighted by atomic mass is 9.59. The Labute approximate surface area is 248 Å². The van der Waals surface area contributed by atoms with Gasteiger partial charge in [-0.2, -0.15) is 0 Å². The van der Waals surface area contributed by atoms with Crippen molar-refractivity contribution in [3.05, 3.63) is 39.7 Å². The second-order valence-electron chi connectivity index (χ2n) is 12.4. The van der Waals surface area contributed by atoms with E-state index in [0.717, 1.165) is 50.0 Å². The van der Waals surface area contributed by atoms with Gasteiger partial charge in [0.15, 0.2) is 11.6 Å². The highest BCUT2D eigenvalue weighted by Gasteiger charge is 2.56. The molecule has 3 unspecified atom stereocenters. The predicted molar refractivity (Wildman–Crippen MR) is 162 cm³/mol. The van der Waals surface area contributed by atoms with Crippen LogP contribution in [0.2, 0.25) is 0 Å². The number of allylic oxidation sites excluding steroid dienone is 1. The Kier molecular flexibility index (Phi) is 9.37. The molecule has 1 fully saturated rings. The number of hydrogen-bond acceptors (Lipinski definition) is 9. The molecule has 1 aromatic rings. The molecule has 0 bridgehead atoms. The molecule has 42 heavy (non-hydrogen) atoms. The summed E-state index contributed by atoms with van der Waals surface area (Å²) in [6.07, 6.45) is 4.88. The lowest BCUT2D eigenvalue weighted by Gasteiger charge is -2.46. The molecule has 10 heteroatoms. The maximum atomic E-state index is 14.1. The number of carbonyl (C=O) groups is 3. The molecule has 0 aliphatic heterocycles. The first-order chi connectivity index (χ1) is 19.8. The van der Waals surface area contributed by atoms with Crippen molar-refractivity contribution in [1.29, 1.82) is 0 Å². The van der Waals surface area contributed by atoms with E-state index < -0.39 is 52.6 Å². The SMILES string of the molecule is CCCCN(CCCC)Cc1cc(N(C)C)c2c(c1O)C(O)=C1C(=O)C3C(=O)C(C(N)=O)=C(O)[C@@H](N(C)C)C3CC1C2. The minimum atomic E-state index is -1.26. The second-order valence-corrected chi connectivity index (χ2v) is 12.4. The third-order valence-electron chi connectivity index (χ3n) is 9.15. The number of fused-ring (bicyclic) bond motifs is 3. The number of likely N-dealkylation sites (N-methyl/N-ethyl adjacent to an activating group) is 1. The maximum Gasteiger partial charge on any atom is 0.255 e. The summed E-state index contributed by atoms with van der Waals surface area (Å²) < 4.78 is 0. The highest BCUT2D eigenvalue weighted by atomic mass is 16.3. The minimum Gasteiger partial charge on any atom is -0.510 e. The smallest absolute Gasteiger partial charge is 0.255 e. The number of nitrogens with zero attached hydrogens (tertiary/aromatic N) is 3. The van der Waals surface area contributed by atoms with Gasteiger partial charge >= 0.3 is 0 Å². The van der Waals surface area contributed by atoms with Gasteiger partial charge in [0.05, 0.1) is 17.5 Å². The van der Waals surface area contributed by atoms with Gasteiger partial charge in [0.1, 0.15) is 22.8 Å². The number of ketones is 2. The number of aliphatic hydroxyl groups is 2. The summed E-state index contributed by atoms with van der Waals surface area (Å²) in [6, 6.07) is 1.22. The molecule has 3 aliphatic rings. The summed E-state index contributed by atoms with van der Waals surface area (Å²) in [5.74, 6) is -5.55. The average Bonchev–Trinajstić information content (AvgIpc) is 2.90. The van der Waals surface area contributed by atoms with Crippen LogP contribution in [0, 0.1) is 17.8 Å². The van der Waals surface area contributed by atoms with Crippen LogP contribution in [-0.4, -0.2) is 89.9 Å². The van der Waals surface area contributed by atoms with E-state index in [0.29, 0.717) is 24.9 Å². The van der Waals surface area contributed by atoms with Crippen molar-refractivity contribution in [3.63, 3.8) is 0 Å². The number of carbonyl (C=O) groups excluding carboxylic acids is 3. The van der Waals surface area contributed by atoms with E-state index in [4.69, 9.17) is 5.73 Å². The van der Waals surface area contributed by atoms with Gasteiger partial charge in [-0.1, -0.05) is 26.7 Å². The molecule has 0 radical (unpaired) electrons. The Bertz CT molecular complexity index is 1320. The summed E-state index contributed by atoms with van der Waals surface area (Å²) in [6.45, 7) is 6.57. The Morgan fingerprint density at radius 2 is 1.62 bits per heavy atom. The molecule has 1 saturated carbocycles. The number of phenols is 1. The van der Waals surface area contributed by atoms with Gasteiger partial charge in [-0.05, 0) is 76.3 Å². The average molecular weight is 583 g/mol. The van der Waals surface area contributed by atoms with Crippen LogP contribution < -0.4 is 10.6 Å². The normalized spacial score (nSPS) is 23.8. The predicted octanol–water partition coefficient (Wildman–Crippen LogP) is 3.32. The number of amides is 1. The molecule has 1 aromatic carbocycles. The molecule has 0 saturated heterocycles. The monoisotopic (exact) mass is 582 g/mol. The molecular weight excluding hydrogens is 536 g/mol. The van der Waals surface area contributed by atoms with Gasteiger partial charge in [0, 0.05) is 37.5 Å². The fourth-order valence-corrected chi connectivity index (χ4v) is 7.16. The van der Waals surface area contributed by atoms with Crippen molar-refractivity contribution in [2.75, 3.05) is 46.2 Å². The number of benzene rings is 1. The summed E-state index contributed by atoms with van der Waals surface area (Å²) in [5, 5.41) is 34.3. The van der Waals surface area contributed by atoms with E-state index in [1.807, 2.05) is 25.1 Å². The lowest BCUT2D eigenvalue weighted by Crippen LogP contribution is -2.55. The zero-order valence-corrected chi connectivity index (χ0v) is 25.7. The molecule has 3 aliphatic carbocycles. The van der Waals surface area contributed by atoms with Gasteiger partial charge < -0.3 is 26.0 Å². The summed E-state index contributed by atoms with van der Waals surface area (Å²) >= 11 is 0. The lowest BCUT2D eigenvalue weighted by molar-refractivity contribution is -0.136. The Morgan fingerprint density at radius 3 is 2.14 bits per heavy atom. The summed E-state index contributed by atoms with van der Waals surface area (Å²) in [5.41, 5.74) is 7.52. The number of primary amides is 1. The Hall–Kier alpha value is -3.37.